The molecule has 13 aromatic rings. The zero-order chi connectivity index (χ0) is 50.2. The van der Waals surface area contributed by atoms with E-state index in [0.29, 0.717) is 0 Å². The van der Waals surface area contributed by atoms with Crippen LogP contribution in [0.2, 0.25) is 0 Å². The fourth-order valence-electron chi connectivity index (χ4n) is 11.3. The van der Waals surface area contributed by atoms with Crippen LogP contribution >= 0.6 is 11.3 Å². The fourth-order valence-corrected chi connectivity index (χ4v) is 12.6. The largest absolute Gasteiger partial charge is 0.134 e. The highest BCUT2D eigenvalue weighted by Crippen LogP contribution is 2.50. The monoisotopic (exact) mass is 972 g/mol. The van der Waals surface area contributed by atoms with Crippen molar-refractivity contribution < 1.29 is 0 Å². The van der Waals surface area contributed by atoms with Crippen molar-refractivity contribution in [3.05, 3.63) is 290 Å². The topological polar surface area (TPSA) is 0 Å². The molecule has 0 nitrogen and oxygen atoms in total. The first-order valence-corrected chi connectivity index (χ1v) is 26.7. The van der Waals surface area contributed by atoms with E-state index >= 15 is 0 Å². The van der Waals surface area contributed by atoms with Crippen molar-refractivity contribution in [3.8, 4) is 111 Å². The molecule has 75 heavy (non-hydrogen) atoms. The summed E-state index contributed by atoms with van der Waals surface area (Å²) in [5, 5.41) is 2.59. The number of benzene rings is 12. The normalized spacial score (nSPS) is 11.3. The van der Waals surface area contributed by atoms with E-state index in [2.05, 4.69) is 293 Å². The van der Waals surface area contributed by atoms with Crippen LogP contribution in [-0.4, -0.2) is 0 Å². The molecule has 0 fully saturated rings. The Bertz CT molecular complexity index is 3830. The molecule has 0 aliphatic carbocycles. The second-order valence-corrected chi connectivity index (χ2v) is 20.7. The molecule has 0 unspecified atom stereocenters. The highest BCUT2D eigenvalue weighted by Gasteiger charge is 2.22. The number of rotatable bonds is 10. The van der Waals surface area contributed by atoms with Gasteiger partial charge in [-0.05, 0) is 186 Å². The van der Waals surface area contributed by atoms with Crippen LogP contribution in [0.3, 0.4) is 0 Å². The molecule has 0 saturated carbocycles. The summed E-state index contributed by atoms with van der Waals surface area (Å²) >= 11 is 1.93. The second-order valence-electron chi connectivity index (χ2n) is 19.7. The van der Waals surface area contributed by atoms with Crippen molar-refractivity contribution in [3.63, 3.8) is 0 Å². The molecule has 0 saturated heterocycles. The highest BCUT2D eigenvalue weighted by molar-refractivity contribution is 7.27. The van der Waals surface area contributed by atoms with E-state index in [9.17, 15) is 0 Å². The molecule has 0 atom stereocenters. The third-order valence-electron chi connectivity index (χ3n) is 14.7. The van der Waals surface area contributed by atoms with Crippen LogP contribution < -0.4 is 0 Å². The van der Waals surface area contributed by atoms with Gasteiger partial charge in [0.1, 0.15) is 0 Å². The number of hydrogen-bond acceptors (Lipinski definition) is 1. The number of aryl methyl sites for hydroxylation is 2. The van der Waals surface area contributed by atoms with Crippen molar-refractivity contribution in [2.24, 2.45) is 0 Å². The molecule has 0 spiro atoms. The minimum absolute atomic E-state index is 1.19. The van der Waals surface area contributed by atoms with E-state index in [-0.39, 0.29) is 0 Å². The summed E-state index contributed by atoms with van der Waals surface area (Å²) < 4.78 is 2.60. The standard InChI is InChI=1S/C74H52S/c1-49-39-69(67-37-21-19-35-65(67)63-33-17-15-31-61(63)59-45-55(51-23-7-3-8-24-51)43-56(46-59)52-25-9-4-10-26-52)73-71(41-49)72-42-50(2)40-70(74(72)75-73)68-38-22-20-36-66(68)64-34-18-16-32-62(64)60-47-57(53-27-11-5-12-28-53)44-58(48-60)54-29-13-6-14-30-54/h3-48H,1-2H3. The van der Waals surface area contributed by atoms with E-state index in [1.165, 1.54) is 143 Å². The Morgan fingerprint density at radius 3 is 0.707 bits per heavy atom. The quantitative estimate of drug-likeness (QED) is 0.128. The third-order valence-corrected chi connectivity index (χ3v) is 16.0. The van der Waals surface area contributed by atoms with Crippen molar-refractivity contribution in [2.75, 3.05) is 0 Å². The van der Waals surface area contributed by atoms with Crippen LogP contribution in [0.4, 0.5) is 0 Å². The predicted molar refractivity (Wildman–Crippen MR) is 323 cm³/mol. The molecule has 0 bridgehead atoms. The van der Waals surface area contributed by atoms with E-state index in [1.54, 1.807) is 0 Å². The lowest BCUT2D eigenvalue weighted by Gasteiger charge is -2.17. The lowest BCUT2D eigenvalue weighted by molar-refractivity contribution is 1.49. The van der Waals surface area contributed by atoms with E-state index in [0.717, 1.165) is 0 Å². The van der Waals surface area contributed by atoms with Crippen molar-refractivity contribution in [1.29, 1.82) is 0 Å². The van der Waals surface area contributed by atoms with Crippen LogP contribution in [0.1, 0.15) is 11.1 Å². The van der Waals surface area contributed by atoms with Gasteiger partial charge in [-0.1, -0.05) is 218 Å². The zero-order valence-electron chi connectivity index (χ0n) is 42.0. The predicted octanol–water partition coefficient (Wildman–Crippen LogP) is 21.3. The van der Waals surface area contributed by atoms with E-state index < -0.39 is 0 Å². The third kappa shape index (κ3) is 8.78. The average molecular weight is 973 g/mol. The molecular weight excluding hydrogens is 921 g/mol. The van der Waals surface area contributed by atoms with Gasteiger partial charge in [0.25, 0.3) is 0 Å². The molecule has 0 amide bonds. The lowest BCUT2D eigenvalue weighted by Crippen LogP contribution is -1.91. The molecule has 1 heterocycles. The lowest BCUT2D eigenvalue weighted by atomic mass is 9.86. The number of hydrogen-bond donors (Lipinski definition) is 0. The Morgan fingerprint density at radius 1 is 0.187 bits per heavy atom. The molecule has 0 aliphatic heterocycles. The molecule has 12 aromatic carbocycles. The van der Waals surface area contributed by atoms with Gasteiger partial charge in [0.2, 0.25) is 0 Å². The van der Waals surface area contributed by atoms with Crippen molar-refractivity contribution >= 4 is 31.5 Å². The van der Waals surface area contributed by atoms with E-state index in [4.69, 9.17) is 0 Å². The van der Waals surface area contributed by atoms with E-state index in [1.807, 2.05) is 11.3 Å². The SMILES string of the molecule is Cc1cc(-c2ccccc2-c2ccccc2-c2cc(-c3ccccc3)cc(-c3ccccc3)c2)c2sc3c(-c4ccccc4-c4ccccc4-c4cc(-c5ccccc5)cc(-c5ccccc5)c4)cc(C)cc3c2c1. The minimum atomic E-state index is 1.19. The van der Waals surface area contributed by atoms with Gasteiger partial charge in [-0.2, -0.15) is 0 Å². The van der Waals surface area contributed by atoms with Gasteiger partial charge < -0.3 is 0 Å². The molecule has 13 rings (SSSR count). The zero-order valence-corrected chi connectivity index (χ0v) is 42.8. The van der Waals surface area contributed by atoms with Crippen molar-refractivity contribution in [2.45, 2.75) is 13.8 Å². The summed E-state index contributed by atoms with van der Waals surface area (Å²) in [5.74, 6) is 0. The highest BCUT2D eigenvalue weighted by atomic mass is 32.1. The number of thiophene rings is 1. The Kier molecular flexibility index (Phi) is 12.0. The summed E-state index contributed by atoms with van der Waals surface area (Å²) in [5.41, 5.74) is 26.7. The number of fused-ring (bicyclic) bond motifs is 3. The van der Waals surface area contributed by atoms with Gasteiger partial charge in [0.15, 0.2) is 0 Å². The second kappa shape index (κ2) is 19.7. The summed E-state index contributed by atoms with van der Waals surface area (Å²) in [6.45, 7) is 4.50. The van der Waals surface area contributed by atoms with Crippen LogP contribution in [0.5, 0.6) is 0 Å². The first-order valence-electron chi connectivity index (χ1n) is 25.9. The molecule has 1 heteroatoms. The van der Waals surface area contributed by atoms with Gasteiger partial charge >= 0.3 is 0 Å². The van der Waals surface area contributed by atoms with Gasteiger partial charge in [-0.15, -0.1) is 11.3 Å². The van der Waals surface area contributed by atoms with Gasteiger partial charge in [-0.25, -0.2) is 0 Å². The Balaban J connectivity index is 0.967. The van der Waals surface area contributed by atoms with Crippen LogP contribution in [0, 0.1) is 13.8 Å². The molecule has 0 N–H and O–H groups in total. The van der Waals surface area contributed by atoms with Crippen LogP contribution in [0.25, 0.3) is 131 Å². The summed E-state index contributed by atoms with van der Waals surface area (Å²) in [4.78, 5) is 0. The van der Waals surface area contributed by atoms with Crippen molar-refractivity contribution in [1.82, 2.24) is 0 Å². The molecule has 354 valence electrons. The molecule has 0 aliphatic rings. The first-order chi connectivity index (χ1) is 37.0. The molecule has 1 aromatic heterocycles. The average Bonchev–Trinajstić information content (AvgIpc) is 3.86. The minimum Gasteiger partial charge on any atom is -0.134 e. The maximum Gasteiger partial charge on any atom is 0.0434 e. The maximum absolute atomic E-state index is 2.41. The van der Waals surface area contributed by atoms with Crippen LogP contribution in [-0.2, 0) is 0 Å². The summed E-state index contributed by atoms with van der Waals surface area (Å²) in [6.07, 6.45) is 0. The van der Waals surface area contributed by atoms with Crippen LogP contribution in [0.15, 0.2) is 279 Å². The maximum atomic E-state index is 2.41. The Morgan fingerprint density at radius 2 is 0.413 bits per heavy atom. The Hall–Kier alpha value is -9.14. The van der Waals surface area contributed by atoms with Gasteiger partial charge in [0.05, 0.1) is 0 Å². The fraction of sp³-hybridized carbons (Fsp3) is 0.0270. The smallest absolute Gasteiger partial charge is 0.0434 e. The van der Waals surface area contributed by atoms with Gasteiger partial charge in [-0.3, -0.25) is 0 Å². The summed E-state index contributed by atoms with van der Waals surface area (Å²) in [7, 11) is 0. The summed E-state index contributed by atoms with van der Waals surface area (Å²) in [6, 6.07) is 103. The Labute approximate surface area is 444 Å². The molecule has 0 radical (unpaired) electrons. The van der Waals surface area contributed by atoms with Gasteiger partial charge in [0, 0.05) is 31.3 Å². The first kappa shape index (κ1) is 45.7. The molecular formula is C74H52S.